The maximum atomic E-state index is 6.09. The number of fused-ring (bicyclic) bond motifs is 1. The zero-order valence-corrected chi connectivity index (χ0v) is 11.8. The van der Waals surface area contributed by atoms with Gasteiger partial charge in [0.2, 0.25) is 0 Å². The van der Waals surface area contributed by atoms with E-state index in [1.165, 1.54) is 0 Å². The van der Waals surface area contributed by atoms with Crippen LogP contribution in [0.3, 0.4) is 0 Å². The summed E-state index contributed by atoms with van der Waals surface area (Å²) >= 11 is 6.09. The maximum Gasteiger partial charge on any atom is 0.199 e. The van der Waals surface area contributed by atoms with Gasteiger partial charge in [-0.05, 0) is 24.0 Å². The van der Waals surface area contributed by atoms with Gasteiger partial charge >= 0.3 is 0 Å². The average Bonchev–Trinajstić information content (AvgIpc) is 2.70. The molecular formula is C14H19ClN2O. The van der Waals surface area contributed by atoms with Gasteiger partial charge in [0, 0.05) is 12.5 Å². The zero-order chi connectivity index (χ0) is 13.3. The summed E-state index contributed by atoms with van der Waals surface area (Å²) < 4.78 is 5.77. The largest absolute Gasteiger partial charge is 0.439 e. The van der Waals surface area contributed by atoms with Crippen LogP contribution < -0.4 is 5.73 Å². The topological polar surface area (TPSA) is 52.0 Å². The monoisotopic (exact) mass is 266 g/mol. The lowest BCUT2D eigenvalue weighted by atomic mass is 9.84. The van der Waals surface area contributed by atoms with Crippen LogP contribution in [0, 0.1) is 5.41 Å². The van der Waals surface area contributed by atoms with Gasteiger partial charge in [-0.15, -0.1) is 0 Å². The van der Waals surface area contributed by atoms with Crippen molar-refractivity contribution in [3.8, 4) is 0 Å². The van der Waals surface area contributed by atoms with Gasteiger partial charge in [-0.25, -0.2) is 4.98 Å². The summed E-state index contributed by atoms with van der Waals surface area (Å²) in [4.78, 5) is 4.50. The van der Waals surface area contributed by atoms with Gasteiger partial charge in [0.25, 0.3) is 0 Å². The molecule has 0 aliphatic heterocycles. The highest BCUT2D eigenvalue weighted by Gasteiger charge is 2.23. The Hall–Kier alpha value is -1.06. The Bertz CT molecular complexity index is 542. The minimum Gasteiger partial charge on any atom is -0.439 e. The summed E-state index contributed by atoms with van der Waals surface area (Å²) in [5.74, 6) is 0.823. The Morgan fingerprint density at radius 2 is 2.11 bits per heavy atom. The van der Waals surface area contributed by atoms with Crippen LogP contribution in [0.1, 0.15) is 39.0 Å². The Kier molecular flexibility index (Phi) is 3.64. The standard InChI is InChI=1S/C14H19ClN2O/c1-14(2,3)7-9(8-16)13-17-11-6-4-5-10(15)12(11)18-13/h4-6,9H,7-8,16H2,1-3H3. The number of aromatic nitrogens is 1. The summed E-state index contributed by atoms with van der Waals surface area (Å²) in [5.41, 5.74) is 7.48. The molecule has 0 amide bonds. The summed E-state index contributed by atoms with van der Waals surface area (Å²) in [6.07, 6.45) is 0.938. The molecule has 0 saturated carbocycles. The molecule has 0 aliphatic rings. The molecule has 1 atom stereocenters. The zero-order valence-electron chi connectivity index (χ0n) is 11.0. The lowest BCUT2D eigenvalue weighted by Gasteiger charge is -2.22. The quantitative estimate of drug-likeness (QED) is 0.915. The van der Waals surface area contributed by atoms with E-state index in [4.69, 9.17) is 21.8 Å². The van der Waals surface area contributed by atoms with Crippen LogP contribution in [0.25, 0.3) is 11.1 Å². The smallest absolute Gasteiger partial charge is 0.199 e. The van der Waals surface area contributed by atoms with Crippen LogP contribution in [-0.4, -0.2) is 11.5 Å². The van der Waals surface area contributed by atoms with E-state index in [2.05, 4.69) is 25.8 Å². The maximum absolute atomic E-state index is 6.09. The number of nitrogens with zero attached hydrogens (tertiary/aromatic N) is 1. The van der Waals surface area contributed by atoms with Crippen molar-refractivity contribution in [1.82, 2.24) is 4.98 Å². The lowest BCUT2D eigenvalue weighted by Crippen LogP contribution is -2.19. The first kappa shape index (κ1) is 13.4. The van der Waals surface area contributed by atoms with Gasteiger partial charge in [0.1, 0.15) is 5.52 Å². The molecule has 1 aromatic carbocycles. The third kappa shape index (κ3) is 2.85. The number of halogens is 1. The summed E-state index contributed by atoms with van der Waals surface area (Å²) in [5, 5.41) is 0.595. The predicted molar refractivity (Wildman–Crippen MR) is 74.9 cm³/mol. The van der Waals surface area contributed by atoms with Crippen LogP contribution in [0.5, 0.6) is 0 Å². The molecule has 2 N–H and O–H groups in total. The second-order valence-corrected chi connectivity index (χ2v) is 6.24. The van der Waals surface area contributed by atoms with E-state index in [9.17, 15) is 0 Å². The highest BCUT2D eigenvalue weighted by atomic mass is 35.5. The van der Waals surface area contributed by atoms with Gasteiger partial charge in [-0.2, -0.15) is 0 Å². The minimum absolute atomic E-state index is 0.133. The molecule has 98 valence electrons. The van der Waals surface area contributed by atoms with Gasteiger partial charge in [0.05, 0.1) is 5.02 Å². The number of benzene rings is 1. The minimum atomic E-state index is 0.133. The number of nitrogens with two attached hydrogens (primary N) is 1. The van der Waals surface area contributed by atoms with Crippen LogP contribution >= 0.6 is 11.6 Å². The molecule has 0 saturated heterocycles. The fourth-order valence-corrected chi connectivity index (χ4v) is 2.33. The highest BCUT2D eigenvalue weighted by molar-refractivity contribution is 6.34. The molecule has 4 heteroatoms. The number of rotatable bonds is 3. The molecule has 0 bridgehead atoms. The van der Waals surface area contributed by atoms with E-state index in [1.54, 1.807) is 6.07 Å². The second kappa shape index (κ2) is 4.90. The fourth-order valence-electron chi connectivity index (χ4n) is 2.12. The molecule has 0 radical (unpaired) electrons. The molecule has 1 heterocycles. The number of para-hydroxylation sites is 1. The summed E-state index contributed by atoms with van der Waals surface area (Å²) in [6, 6.07) is 5.58. The third-order valence-corrected chi connectivity index (χ3v) is 3.17. The fraction of sp³-hybridized carbons (Fsp3) is 0.500. The van der Waals surface area contributed by atoms with Crippen molar-refractivity contribution in [3.05, 3.63) is 29.1 Å². The van der Waals surface area contributed by atoms with Crippen molar-refractivity contribution in [3.63, 3.8) is 0 Å². The second-order valence-electron chi connectivity index (χ2n) is 5.84. The van der Waals surface area contributed by atoms with Crippen molar-refractivity contribution < 1.29 is 4.42 Å². The lowest BCUT2D eigenvalue weighted by molar-refractivity contribution is 0.314. The van der Waals surface area contributed by atoms with Crippen LogP contribution in [0.15, 0.2) is 22.6 Å². The number of hydrogen-bond donors (Lipinski definition) is 1. The van der Waals surface area contributed by atoms with Crippen LogP contribution in [0.4, 0.5) is 0 Å². The Labute approximate surface area is 112 Å². The molecule has 2 rings (SSSR count). The molecule has 1 aromatic heterocycles. The normalized spacial score (nSPS) is 14.1. The van der Waals surface area contributed by atoms with E-state index in [0.29, 0.717) is 23.0 Å². The van der Waals surface area contributed by atoms with E-state index in [-0.39, 0.29) is 11.3 Å². The molecule has 0 aliphatic carbocycles. The van der Waals surface area contributed by atoms with Crippen molar-refractivity contribution >= 4 is 22.7 Å². The molecule has 1 unspecified atom stereocenters. The SMILES string of the molecule is CC(C)(C)CC(CN)c1nc2cccc(Cl)c2o1. The molecule has 2 aromatic rings. The van der Waals surface area contributed by atoms with Gasteiger partial charge in [-0.1, -0.05) is 38.4 Å². The van der Waals surface area contributed by atoms with Gasteiger partial charge < -0.3 is 10.2 Å². The number of oxazole rings is 1. The molecular weight excluding hydrogens is 248 g/mol. The van der Waals surface area contributed by atoms with Gasteiger partial charge in [0.15, 0.2) is 11.5 Å². The predicted octanol–water partition coefficient (Wildman–Crippen LogP) is 3.96. The van der Waals surface area contributed by atoms with E-state index in [1.807, 2.05) is 12.1 Å². The highest BCUT2D eigenvalue weighted by Crippen LogP contribution is 2.33. The molecule has 3 nitrogen and oxygen atoms in total. The van der Waals surface area contributed by atoms with Crippen molar-refractivity contribution in [2.24, 2.45) is 11.1 Å². The summed E-state index contributed by atoms with van der Waals surface area (Å²) in [7, 11) is 0. The third-order valence-electron chi connectivity index (χ3n) is 2.88. The molecule has 0 fully saturated rings. The van der Waals surface area contributed by atoms with E-state index >= 15 is 0 Å². The Morgan fingerprint density at radius 1 is 1.39 bits per heavy atom. The average molecular weight is 267 g/mol. The van der Waals surface area contributed by atoms with E-state index in [0.717, 1.165) is 11.9 Å². The van der Waals surface area contributed by atoms with E-state index < -0.39 is 0 Å². The molecule has 0 spiro atoms. The first-order valence-corrected chi connectivity index (χ1v) is 6.53. The van der Waals surface area contributed by atoms with Gasteiger partial charge in [-0.3, -0.25) is 0 Å². The first-order valence-electron chi connectivity index (χ1n) is 6.16. The Morgan fingerprint density at radius 3 is 2.67 bits per heavy atom. The summed E-state index contributed by atoms with van der Waals surface area (Å²) in [6.45, 7) is 7.09. The van der Waals surface area contributed by atoms with Crippen molar-refractivity contribution in [2.75, 3.05) is 6.54 Å². The molecule has 18 heavy (non-hydrogen) atoms. The number of hydrogen-bond acceptors (Lipinski definition) is 3. The van der Waals surface area contributed by atoms with Crippen molar-refractivity contribution in [2.45, 2.75) is 33.1 Å². The van der Waals surface area contributed by atoms with Crippen LogP contribution in [-0.2, 0) is 0 Å². The first-order chi connectivity index (χ1) is 8.40. The van der Waals surface area contributed by atoms with Crippen molar-refractivity contribution in [1.29, 1.82) is 0 Å². The Balaban J connectivity index is 2.37. The van der Waals surface area contributed by atoms with Crippen LogP contribution in [0.2, 0.25) is 5.02 Å².